The molecule has 1 aromatic heterocycles. The maximum atomic E-state index is 12.7. The van der Waals surface area contributed by atoms with Crippen LogP contribution >= 0.6 is 0 Å². The SMILES string of the molecule is C[C@@H](c1ccccc1)N1CCOC[C@@]2(CC(=O)N(c3ccncn3)C2)C1. The summed E-state index contributed by atoms with van der Waals surface area (Å²) in [5.74, 6) is 0.787. The number of rotatable bonds is 3. The molecule has 0 saturated carbocycles. The number of ether oxygens (including phenoxy) is 1. The minimum Gasteiger partial charge on any atom is -0.379 e. The average Bonchev–Trinajstić information content (AvgIpc) is 2.86. The van der Waals surface area contributed by atoms with Gasteiger partial charge in [0.05, 0.1) is 13.2 Å². The summed E-state index contributed by atoms with van der Waals surface area (Å²) in [7, 11) is 0. The summed E-state index contributed by atoms with van der Waals surface area (Å²) in [5.41, 5.74) is 1.10. The van der Waals surface area contributed by atoms with Gasteiger partial charge in [-0.2, -0.15) is 0 Å². The smallest absolute Gasteiger partial charge is 0.228 e. The molecule has 4 rings (SSSR count). The van der Waals surface area contributed by atoms with E-state index in [0.29, 0.717) is 32.0 Å². The van der Waals surface area contributed by atoms with E-state index in [1.165, 1.54) is 11.9 Å². The van der Waals surface area contributed by atoms with Gasteiger partial charge in [-0.05, 0) is 18.6 Å². The van der Waals surface area contributed by atoms with Gasteiger partial charge in [-0.1, -0.05) is 30.3 Å². The Kier molecular flexibility index (Phi) is 4.70. The number of benzene rings is 1. The molecule has 0 aliphatic carbocycles. The summed E-state index contributed by atoms with van der Waals surface area (Å²) in [6.07, 6.45) is 3.66. The van der Waals surface area contributed by atoms with Gasteiger partial charge in [0.1, 0.15) is 12.1 Å². The third-order valence-corrected chi connectivity index (χ3v) is 5.46. The molecule has 2 atom stereocenters. The lowest BCUT2D eigenvalue weighted by molar-refractivity contribution is -0.118. The van der Waals surface area contributed by atoms with Gasteiger partial charge in [-0.15, -0.1) is 0 Å². The van der Waals surface area contributed by atoms with Crippen LogP contribution in [-0.2, 0) is 9.53 Å². The molecule has 0 bridgehead atoms. The molecule has 6 nitrogen and oxygen atoms in total. The predicted octanol–water partition coefficient (Wildman–Crippen LogP) is 2.29. The molecule has 0 unspecified atom stereocenters. The Bertz CT molecular complexity index is 755. The normalized spacial score (nSPS) is 25.4. The number of nitrogens with zero attached hydrogens (tertiary/aromatic N) is 4. The topological polar surface area (TPSA) is 58.6 Å². The molecule has 6 heteroatoms. The zero-order chi connectivity index (χ0) is 18.0. The standard InChI is InChI=1S/C20H24N4O2/c1-16(17-5-3-2-4-6-17)23-9-10-26-14-20(12-23)11-19(25)24(13-20)18-7-8-21-15-22-18/h2-8,15-16H,9-14H2,1H3/t16-,20-/m0/s1. The van der Waals surface area contributed by atoms with E-state index < -0.39 is 0 Å². The fourth-order valence-corrected chi connectivity index (χ4v) is 4.05. The third kappa shape index (κ3) is 3.34. The number of amides is 1. The Morgan fingerprint density at radius 1 is 1.19 bits per heavy atom. The highest BCUT2D eigenvalue weighted by atomic mass is 16.5. The lowest BCUT2D eigenvalue weighted by Gasteiger charge is -2.34. The fraction of sp³-hybridized carbons (Fsp3) is 0.450. The quantitative estimate of drug-likeness (QED) is 0.848. The van der Waals surface area contributed by atoms with Gasteiger partial charge in [0, 0.05) is 43.7 Å². The number of anilines is 1. The first kappa shape index (κ1) is 17.1. The van der Waals surface area contributed by atoms with Gasteiger partial charge >= 0.3 is 0 Å². The van der Waals surface area contributed by atoms with Crippen molar-refractivity contribution in [1.82, 2.24) is 14.9 Å². The second-order valence-electron chi connectivity index (χ2n) is 7.33. The van der Waals surface area contributed by atoms with Crippen molar-refractivity contribution in [1.29, 1.82) is 0 Å². The van der Waals surface area contributed by atoms with Crippen LogP contribution in [0.2, 0.25) is 0 Å². The van der Waals surface area contributed by atoms with Crippen molar-refractivity contribution in [3.63, 3.8) is 0 Å². The van der Waals surface area contributed by atoms with Crippen LogP contribution in [0.1, 0.15) is 24.9 Å². The molecule has 1 aromatic carbocycles. The summed E-state index contributed by atoms with van der Waals surface area (Å²) < 4.78 is 5.93. The average molecular weight is 352 g/mol. The van der Waals surface area contributed by atoms with Crippen LogP contribution < -0.4 is 4.90 Å². The first-order valence-corrected chi connectivity index (χ1v) is 9.10. The van der Waals surface area contributed by atoms with Crippen molar-refractivity contribution >= 4 is 11.7 Å². The molecule has 1 amide bonds. The highest BCUT2D eigenvalue weighted by Gasteiger charge is 2.46. The van der Waals surface area contributed by atoms with Crippen molar-refractivity contribution in [2.24, 2.45) is 5.41 Å². The minimum absolute atomic E-state index is 0.113. The van der Waals surface area contributed by atoms with Crippen LogP contribution in [0, 0.1) is 5.41 Å². The molecule has 0 N–H and O–H groups in total. The van der Waals surface area contributed by atoms with Crippen LogP contribution in [0.4, 0.5) is 5.82 Å². The zero-order valence-electron chi connectivity index (χ0n) is 15.0. The summed E-state index contributed by atoms with van der Waals surface area (Å²) in [5, 5.41) is 0. The van der Waals surface area contributed by atoms with Crippen LogP contribution in [0.3, 0.4) is 0 Å². The molecule has 2 aliphatic rings. The Hall–Kier alpha value is -2.31. The van der Waals surface area contributed by atoms with E-state index in [1.54, 1.807) is 17.2 Å². The van der Waals surface area contributed by atoms with Crippen molar-refractivity contribution in [3.8, 4) is 0 Å². The minimum atomic E-state index is -0.193. The van der Waals surface area contributed by atoms with Gasteiger partial charge in [-0.3, -0.25) is 14.6 Å². The van der Waals surface area contributed by atoms with E-state index in [0.717, 1.165) is 13.1 Å². The molecular weight excluding hydrogens is 328 g/mol. The van der Waals surface area contributed by atoms with Crippen LogP contribution in [0.15, 0.2) is 48.9 Å². The van der Waals surface area contributed by atoms with Gasteiger partial charge < -0.3 is 4.74 Å². The van der Waals surface area contributed by atoms with Gasteiger partial charge in [-0.25, -0.2) is 9.97 Å². The molecule has 0 radical (unpaired) electrons. The number of carbonyl (C=O) groups is 1. The van der Waals surface area contributed by atoms with Gasteiger partial charge in [0.2, 0.25) is 5.91 Å². The second-order valence-corrected chi connectivity index (χ2v) is 7.33. The summed E-state index contributed by atoms with van der Waals surface area (Å²) >= 11 is 0. The first-order chi connectivity index (χ1) is 12.7. The van der Waals surface area contributed by atoms with E-state index in [9.17, 15) is 4.79 Å². The lowest BCUT2D eigenvalue weighted by atomic mass is 9.86. The fourth-order valence-electron chi connectivity index (χ4n) is 4.05. The van der Waals surface area contributed by atoms with Crippen molar-refractivity contribution in [2.45, 2.75) is 19.4 Å². The highest BCUT2D eigenvalue weighted by molar-refractivity contribution is 5.95. The molecule has 2 saturated heterocycles. The first-order valence-electron chi connectivity index (χ1n) is 9.10. The monoisotopic (exact) mass is 352 g/mol. The van der Waals surface area contributed by atoms with Gasteiger partial charge in [0.25, 0.3) is 0 Å². The Morgan fingerprint density at radius 3 is 2.81 bits per heavy atom. The Balaban J connectivity index is 1.55. The molecule has 2 fully saturated rings. The lowest BCUT2D eigenvalue weighted by Crippen LogP contribution is -2.41. The molecular formula is C20H24N4O2. The molecule has 136 valence electrons. The zero-order valence-corrected chi connectivity index (χ0v) is 15.0. The second kappa shape index (κ2) is 7.13. The van der Waals surface area contributed by atoms with Crippen molar-refractivity contribution < 1.29 is 9.53 Å². The van der Waals surface area contributed by atoms with Crippen molar-refractivity contribution in [3.05, 3.63) is 54.5 Å². The molecule has 2 aliphatic heterocycles. The third-order valence-electron chi connectivity index (χ3n) is 5.46. The van der Waals surface area contributed by atoms with E-state index in [-0.39, 0.29) is 17.4 Å². The largest absolute Gasteiger partial charge is 0.379 e. The van der Waals surface area contributed by atoms with E-state index in [2.05, 4.69) is 46.1 Å². The molecule has 26 heavy (non-hydrogen) atoms. The number of aromatic nitrogens is 2. The summed E-state index contributed by atoms with van der Waals surface area (Å²) in [6, 6.07) is 12.6. The highest BCUT2D eigenvalue weighted by Crippen LogP contribution is 2.38. The number of carbonyl (C=O) groups excluding carboxylic acids is 1. The maximum absolute atomic E-state index is 12.7. The van der Waals surface area contributed by atoms with Crippen molar-refractivity contribution in [2.75, 3.05) is 37.7 Å². The molecule has 2 aromatic rings. The molecule has 1 spiro atoms. The summed E-state index contributed by atoms with van der Waals surface area (Å²) in [4.78, 5) is 25.1. The number of hydrogen-bond donors (Lipinski definition) is 0. The summed E-state index contributed by atoms with van der Waals surface area (Å²) in [6.45, 7) is 5.89. The van der Waals surface area contributed by atoms with Crippen LogP contribution in [0.5, 0.6) is 0 Å². The van der Waals surface area contributed by atoms with Crippen LogP contribution in [0.25, 0.3) is 0 Å². The maximum Gasteiger partial charge on any atom is 0.228 e. The van der Waals surface area contributed by atoms with E-state index in [4.69, 9.17) is 4.74 Å². The Labute approximate surface area is 153 Å². The number of hydrogen-bond acceptors (Lipinski definition) is 5. The van der Waals surface area contributed by atoms with Gasteiger partial charge in [0.15, 0.2) is 0 Å². The Morgan fingerprint density at radius 2 is 2.04 bits per heavy atom. The van der Waals surface area contributed by atoms with E-state index >= 15 is 0 Å². The van der Waals surface area contributed by atoms with E-state index in [1.807, 2.05) is 6.07 Å². The predicted molar refractivity (Wildman–Crippen MR) is 98.7 cm³/mol. The molecule has 3 heterocycles. The van der Waals surface area contributed by atoms with Crippen LogP contribution in [-0.4, -0.2) is 53.6 Å².